The van der Waals surface area contributed by atoms with Gasteiger partial charge in [-0.2, -0.15) is 0 Å². The summed E-state index contributed by atoms with van der Waals surface area (Å²) in [6, 6.07) is 8.76. The Morgan fingerprint density at radius 2 is 1.33 bits per heavy atom. The van der Waals surface area contributed by atoms with Gasteiger partial charge in [0.1, 0.15) is 0 Å². The first-order chi connectivity index (χ1) is 17.7. The molecule has 1 aromatic heterocycles. The standard InChI is InChI=1S/C33H54N2O/c1-3-5-7-9-11-13-17-23-35(24-18-14-12-10-8-6-4-2)27-33(36)29-21-22-32-30(26-29)25-28-19-15-16-20-31(28)34-32/h21-22,25-26,33,36H,3-20,23-24,27H2,1-2H3. The summed E-state index contributed by atoms with van der Waals surface area (Å²) in [6.07, 6.45) is 23.1. The van der Waals surface area contributed by atoms with Crippen molar-refractivity contribution in [1.29, 1.82) is 0 Å². The van der Waals surface area contributed by atoms with Crippen molar-refractivity contribution in [3.63, 3.8) is 0 Å². The van der Waals surface area contributed by atoms with E-state index in [0.29, 0.717) is 0 Å². The zero-order chi connectivity index (χ0) is 25.4. The van der Waals surface area contributed by atoms with E-state index in [9.17, 15) is 5.11 Å². The Morgan fingerprint density at radius 1 is 0.750 bits per heavy atom. The van der Waals surface area contributed by atoms with E-state index in [4.69, 9.17) is 4.98 Å². The highest BCUT2D eigenvalue weighted by Gasteiger charge is 2.16. The van der Waals surface area contributed by atoms with Crippen LogP contribution in [-0.2, 0) is 12.8 Å². The summed E-state index contributed by atoms with van der Waals surface area (Å²) in [6.45, 7) is 7.54. The summed E-state index contributed by atoms with van der Waals surface area (Å²) in [5.74, 6) is 0. The first-order valence-electron chi connectivity index (χ1n) is 15.5. The molecule has 1 unspecified atom stereocenters. The Bertz CT molecular complexity index is 846. The largest absolute Gasteiger partial charge is 0.387 e. The lowest BCUT2D eigenvalue weighted by molar-refractivity contribution is 0.110. The number of fused-ring (bicyclic) bond motifs is 2. The lowest BCUT2D eigenvalue weighted by Crippen LogP contribution is -2.31. The van der Waals surface area contributed by atoms with Gasteiger partial charge in [-0.3, -0.25) is 4.98 Å². The average molecular weight is 495 g/mol. The Balaban J connectivity index is 1.53. The predicted molar refractivity (Wildman–Crippen MR) is 156 cm³/mol. The average Bonchev–Trinajstić information content (AvgIpc) is 2.90. The van der Waals surface area contributed by atoms with Crippen molar-refractivity contribution in [3.05, 3.63) is 41.1 Å². The van der Waals surface area contributed by atoms with Crippen molar-refractivity contribution in [2.75, 3.05) is 19.6 Å². The van der Waals surface area contributed by atoms with Gasteiger partial charge in [-0.05, 0) is 80.9 Å². The normalized spacial score (nSPS) is 14.4. The first kappa shape index (κ1) is 29.1. The first-order valence-corrected chi connectivity index (χ1v) is 15.5. The maximum Gasteiger partial charge on any atom is 0.0917 e. The van der Waals surface area contributed by atoms with E-state index in [1.807, 2.05) is 0 Å². The quantitative estimate of drug-likeness (QED) is 0.198. The van der Waals surface area contributed by atoms with Crippen molar-refractivity contribution < 1.29 is 5.11 Å². The van der Waals surface area contributed by atoms with Crippen LogP contribution in [0.3, 0.4) is 0 Å². The molecule has 0 saturated heterocycles. The van der Waals surface area contributed by atoms with Gasteiger partial charge in [-0.1, -0.05) is 97.0 Å². The molecule has 1 atom stereocenters. The summed E-state index contributed by atoms with van der Waals surface area (Å²) < 4.78 is 0. The molecule has 1 aliphatic rings. The summed E-state index contributed by atoms with van der Waals surface area (Å²) in [5.41, 5.74) is 4.83. The van der Waals surface area contributed by atoms with Crippen molar-refractivity contribution >= 4 is 10.9 Å². The third-order valence-corrected chi connectivity index (χ3v) is 8.09. The van der Waals surface area contributed by atoms with Gasteiger partial charge in [0.2, 0.25) is 0 Å². The number of hydrogen-bond donors (Lipinski definition) is 1. The van der Waals surface area contributed by atoms with E-state index >= 15 is 0 Å². The predicted octanol–water partition coefficient (Wildman–Crippen LogP) is 8.95. The van der Waals surface area contributed by atoms with Crippen LogP contribution >= 0.6 is 0 Å². The zero-order valence-corrected chi connectivity index (χ0v) is 23.6. The molecular formula is C33H54N2O. The molecule has 0 fully saturated rings. The molecule has 1 N–H and O–H groups in total. The Hall–Kier alpha value is -1.45. The third-order valence-electron chi connectivity index (χ3n) is 8.09. The van der Waals surface area contributed by atoms with Crippen molar-refractivity contribution in [3.8, 4) is 0 Å². The fraction of sp³-hybridized carbons (Fsp3) is 0.727. The molecule has 0 amide bonds. The van der Waals surface area contributed by atoms with Crippen molar-refractivity contribution in [2.45, 2.75) is 136 Å². The smallest absolute Gasteiger partial charge is 0.0917 e. The number of aliphatic hydroxyl groups excluding tert-OH is 1. The summed E-state index contributed by atoms with van der Waals surface area (Å²) in [7, 11) is 0. The number of unbranched alkanes of at least 4 members (excludes halogenated alkanes) is 12. The number of benzene rings is 1. The number of aryl methyl sites for hydroxylation is 2. The van der Waals surface area contributed by atoms with Gasteiger partial charge < -0.3 is 10.0 Å². The van der Waals surface area contributed by atoms with Crippen LogP contribution in [0, 0.1) is 0 Å². The SMILES string of the molecule is CCCCCCCCCN(CCCCCCCCC)CC(O)c1ccc2nc3c(cc2c1)CCCC3. The number of hydrogen-bond acceptors (Lipinski definition) is 3. The molecule has 36 heavy (non-hydrogen) atoms. The monoisotopic (exact) mass is 494 g/mol. The van der Waals surface area contributed by atoms with Crippen LogP contribution in [0.5, 0.6) is 0 Å². The molecule has 1 aromatic carbocycles. The molecular weight excluding hydrogens is 440 g/mol. The Labute approximate surface area is 222 Å². The minimum atomic E-state index is -0.431. The number of pyridine rings is 1. The van der Waals surface area contributed by atoms with E-state index in [1.54, 1.807) is 0 Å². The number of aliphatic hydroxyl groups is 1. The summed E-state index contributed by atoms with van der Waals surface area (Å²) in [5, 5.41) is 12.4. The second kappa shape index (κ2) is 17.1. The molecule has 1 aliphatic carbocycles. The molecule has 3 nitrogen and oxygen atoms in total. The van der Waals surface area contributed by atoms with Gasteiger partial charge in [0, 0.05) is 17.6 Å². The fourth-order valence-electron chi connectivity index (χ4n) is 5.76. The van der Waals surface area contributed by atoms with Gasteiger partial charge in [0.25, 0.3) is 0 Å². The molecule has 202 valence electrons. The molecule has 2 aromatic rings. The van der Waals surface area contributed by atoms with E-state index in [1.165, 1.54) is 119 Å². The molecule has 0 bridgehead atoms. The molecule has 0 saturated carbocycles. The number of nitrogens with zero attached hydrogens (tertiary/aromatic N) is 2. The van der Waals surface area contributed by atoms with Gasteiger partial charge in [0.05, 0.1) is 11.6 Å². The Kier molecular flexibility index (Phi) is 13.9. The highest BCUT2D eigenvalue weighted by molar-refractivity contribution is 5.80. The van der Waals surface area contributed by atoms with Gasteiger partial charge in [0.15, 0.2) is 0 Å². The van der Waals surface area contributed by atoms with E-state index in [2.05, 4.69) is 43.0 Å². The highest BCUT2D eigenvalue weighted by atomic mass is 16.3. The fourth-order valence-corrected chi connectivity index (χ4v) is 5.76. The second-order valence-corrected chi connectivity index (χ2v) is 11.3. The van der Waals surface area contributed by atoms with Crippen LogP contribution in [0.4, 0.5) is 0 Å². The van der Waals surface area contributed by atoms with Crippen LogP contribution in [0.15, 0.2) is 24.3 Å². The van der Waals surface area contributed by atoms with E-state index < -0.39 is 6.10 Å². The lowest BCUT2D eigenvalue weighted by Gasteiger charge is -2.26. The van der Waals surface area contributed by atoms with Crippen LogP contribution in [0.2, 0.25) is 0 Å². The van der Waals surface area contributed by atoms with Crippen molar-refractivity contribution in [1.82, 2.24) is 9.88 Å². The minimum Gasteiger partial charge on any atom is -0.387 e. The summed E-state index contributed by atoms with van der Waals surface area (Å²) >= 11 is 0. The van der Waals surface area contributed by atoms with Crippen LogP contribution in [-0.4, -0.2) is 34.6 Å². The lowest BCUT2D eigenvalue weighted by atomic mass is 9.94. The Morgan fingerprint density at radius 3 is 1.97 bits per heavy atom. The third kappa shape index (κ3) is 10.1. The molecule has 0 spiro atoms. The minimum absolute atomic E-state index is 0.431. The summed E-state index contributed by atoms with van der Waals surface area (Å²) in [4.78, 5) is 7.48. The second-order valence-electron chi connectivity index (χ2n) is 11.3. The van der Waals surface area contributed by atoms with Gasteiger partial charge in [-0.25, -0.2) is 0 Å². The van der Waals surface area contributed by atoms with Gasteiger partial charge in [-0.15, -0.1) is 0 Å². The van der Waals surface area contributed by atoms with Crippen LogP contribution in [0.1, 0.15) is 140 Å². The molecule has 3 rings (SSSR count). The number of rotatable bonds is 19. The highest BCUT2D eigenvalue weighted by Crippen LogP contribution is 2.26. The zero-order valence-electron chi connectivity index (χ0n) is 23.6. The molecule has 1 heterocycles. The molecule has 0 aliphatic heterocycles. The maximum atomic E-state index is 11.2. The molecule has 0 radical (unpaired) electrons. The molecule has 3 heteroatoms. The number of aromatic nitrogens is 1. The van der Waals surface area contributed by atoms with E-state index in [0.717, 1.165) is 43.6 Å². The topological polar surface area (TPSA) is 36.4 Å². The van der Waals surface area contributed by atoms with Gasteiger partial charge >= 0.3 is 0 Å². The maximum absolute atomic E-state index is 11.2. The van der Waals surface area contributed by atoms with E-state index in [-0.39, 0.29) is 0 Å². The van der Waals surface area contributed by atoms with Crippen molar-refractivity contribution in [2.24, 2.45) is 0 Å². The van der Waals surface area contributed by atoms with Crippen LogP contribution < -0.4 is 0 Å². The van der Waals surface area contributed by atoms with Crippen LogP contribution in [0.25, 0.3) is 10.9 Å².